The molecular weight excluding hydrogens is 186 g/mol. The van der Waals surface area contributed by atoms with Crippen molar-refractivity contribution in [3.05, 3.63) is 29.3 Å². The Morgan fingerprint density at radius 2 is 2.27 bits per heavy atom. The SMILES string of the molecule is C[C@H](O)CCc1ccc2c(c1)CCN2C. The predicted molar refractivity (Wildman–Crippen MR) is 63.4 cm³/mol. The molecule has 1 aromatic rings. The van der Waals surface area contributed by atoms with E-state index in [1.807, 2.05) is 6.92 Å². The van der Waals surface area contributed by atoms with Crippen molar-refractivity contribution in [1.82, 2.24) is 0 Å². The van der Waals surface area contributed by atoms with Crippen LogP contribution in [0, 0.1) is 0 Å². The number of fused-ring (bicyclic) bond motifs is 1. The maximum Gasteiger partial charge on any atom is 0.0515 e. The molecule has 0 amide bonds. The van der Waals surface area contributed by atoms with E-state index in [2.05, 4.69) is 30.1 Å². The van der Waals surface area contributed by atoms with Crippen LogP contribution in [-0.2, 0) is 12.8 Å². The summed E-state index contributed by atoms with van der Waals surface area (Å²) >= 11 is 0. The lowest BCUT2D eigenvalue weighted by molar-refractivity contribution is 0.185. The number of aliphatic hydroxyl groups excluding tert-OH is 1. The maximum absolute atomic E-state index is 9.24. The predicted octanol–water partition coefficient (Wildman–Crippen LogP) is 1.99. The van der Waals surface area contributed by atoms with Crippen molar-refractivity contribution in [1.29, 1.82) is 0 Å². The van der Waals surface area contributed by atoms with Crippen LogP contribution in [0.3, 0.4) is 0 Å². The van der Waals surface area contributed by atoms with Crippen LogP contribution in [0.4, 0.5) is 5.69 Å². The molecule has 1 N–H and O–H groups in total. The molecular formula is C13H19NO. The number of aryl methyl sites for hydroxylation is 1. The van der Waals surface area contributed by atoms with E-state index in [0.717, 1.165) is 25.8 Å². The highest BCUT2D eigenvalue weighted by Crippen LogP contribution is 2.27. The topological polar surface area (TPSA) is 23.5 Å². The number of hydrogen-bond acceptors (Lipinski definition) is 2. The third-order valence-corrected chi connectivity index (χ3v) is 3.12. The van der Waals surface area contributed by atoms with Crippen LogP contribution in [-0.4, -0.2) is 24.8 Å². The zero-order valence-corrected chi connectivity index (χ0v) is 9.53. The number of rotatable bonds is 3. The molecule has 1 aliphatic heterocycles. The summed E-state index contributed by atoms with van der Waals surface area (Å²) in [7, 11) is 2.14. The normalized spacial score (nSPS) is 16.6. The smallest absolute Gasteiger partial charge is 0.0515 e. The molecule has 1 atom stereocenters. The first-order valence-corrected chi connectivity index (χ1v) is 5.68. The highest BCUT2D eigenvalue weighted by molar-refractivity contribution is 5.58. The monoisotopic (exact) mass is 205 g/mol. The van der Waals surface area contributed by atoms with E-state index in [1.165, 1.54) is 16.8 Å². The molecule has 0 saturated heterocycles. The Balaban J connectivity index is 2.09. The third-order valence-electron chi connectivity index (χ3n) is 3.12. The second-order valence-electron chi connectivity index (χ2n) is 4.52. The van der Waals surface area contributed by atoms with E-state index in [4.69, 9.17) is 0 Å². The van der Waals surface area contributed by atoms with Gasteiger partial charge in [-0.15, -0.1) is 0 Å². The van der Waals surface area contributed by atoms with Gasteiger partial charge in [0.05, 0.1) is 6.10 Å². The lowest BCUT2D eigenvalue weighted by Gasteiger charge is -2.12. The molecule has 15 heavy (non-hydrogen) atoms. The van der Waals surface area contributed by atoms with Crippen molar-refractivity contribution >= 4 is 5.69 Å². The molecule has 2 rings (SSSR count). The molecule has 0 radical (unpaired) electrons. The van der Waals surface area contributed by atoms with Gasteiger partial charge in [0.25, 0.3) is 0 Å². The zero-order valence-electron chi connectivity index (χ0n) is 9.53. The van der Waals surface area contributed by atoms with Gasteiger partial charge in [0.2, 0.25) is 0 Å². The van der Waals surface area contributed by atoms with Crippen LogP contribution in [0.2, 0.25) is 0 Å². The fraction of sp³-hybridized carbons (Fsp3) is 0.538. The number of benzene rings is 1. The average molecular weight is 205 g/mol. The minimum Gasteiger partial charge on any atom is -0.393 e. The molecule has 0 fully saturated rings. The Labute approximate surface area is 91.5 Å². The van der Waals surface area contributed by atoms with Gasteiger partial charge in [0.1, 0.15) is 0 Å². The standard InChI is InChI=1S/C13H19NO/c1-10(15)3-4-11-5-6-13-12(9-11)7-8-14(13)2/h5-6,9-10,15H,3-4,7-8H2,1-2H3/t10-/m0/s1. The van der Waals surface area contributed by atoms with Crippen molar-refractivity contribution in [2.45, 2.75) is 32.3 Å². The van der Waals surface area contributed by atoms with Crippen molar-refractivity contribution in [2.24, 2.45) is 0 Å². The third kappa shape index (κ3) is 2.32. The summed E-state index contributed by atoms with van der Waals surface area (Å²) in [5.74, 6) is 0. The highest BCUT2D eigenvalue weighted by atomic mass is 16.3. The average Bonchev–Trinajstić information content (AvgIpc) is 2.57. The quantitative estimate of drug-likeness (QED) is 0.815. The summed E-state index contributed by atoms with van der Waals surface area (Å²) in [5.41, 5.74) is 4.18. The second-order valence-corrected chi connectivity index (χ2v) is 4.52. The zero-order chi connectivity index (χ0) is 10.8. The van der Waals surface area contributed by atoms with Gasteiger partial charge in [-0.3, -0.25) is 0 Å². The first-order chi connectivity index (χ1) is 7.16. The summed E-state index contributed by atoms with van der Waals surface area (Å²) < 4.78 is 0. The molecule has 0 aromatic heterocycles. The Hall–Kier alpha value is -1.02. The molecule has 0 spiro atoms. The summed E-state index contributed by atoms with van der Waals surface area (Å²) in [4.78, 5) is 2.30. The number of aliphatic hydroxyl groups is 1. The highest BCUT2D eigenvalue weighted by Gasteiger charge is 2.15. The minimum atomic E-state index is -0.194. The second kappa shape index (κ2) is 4.23. The van der Waals surface area contributed by atoms with Gasteiger partial charge in [-0.05, 0) is 43.4 Å². The van der Waals surface area contributed by atoms with E-state index in [0.29, 0.717) is 0 Å². The van der Waals surface area contributed by atoms with Crippen molar-refractivity contribution in [2.75, 3.05) is 18.5 Å². The van der Waals surface area contributed by atoms with Crippen molar-refractivity contribution in [3.63, 3.8) is 0 Å². The van der Waals surface area contributed by atoms with Gasteiger partial charge >= 0.3 is 0 Å². The fourth-order valence-corrected chi connectivity index (χ4v) is 2.15. The Morgan fingerprint density at radius 1 is 1.47 bits per heavy atom. The van der Waals surface area contributed by atoms with E-state index in [-0.39, 0.29) is 6.10 Å². The fourth-order valence-electron chi connectivity index (χ4n) is 2.15. The van der Waals surface area contributed by atoms with Gasteiger partial charge in [-0.2, -0.15) is 0 Å². The van der Waals surface area contributed by atoms with Crippen LogP contribution in [0.15, 0.2) is 18.2 Å². The van der Waals surface area contributed by atoms with Gasteiger partial charge in [0.15, 0.2) is 0 Å². The van der Waals surface area contributed by atoms with Crippen LogP contribution in [0.25, 0.3) is 0 Å². The van der Waals surface area contributed by atoms with Gasteiger partial charge in [-0.25, -0.2) is 0 Å². The summed E-state index contributed by atoms with van der Waals surface area (Å²) in [6, 6.07) is 6.68. The molecule has 82 valence electrons. The van der Waals surface area contributed by atoms with E-state index in [9.17, 15) is 5.11 Å². The van der Waals surface area contributed by atoms with Gasteiger partial charge in [0, 0.05) is 19.3 Å². The number of anilines is 1. The Bertz CT molecular complexity index is 346. The van der Waals surface area contributed by atoms with E-state index < -0.39 is 0 Å². The number of hydrogen-bond donors (Lipinski definition) is 1. The number of likely N-dealkylation sites (N-methyl/N-ethyl adjacent to an activating group) is 1. The largest absolute Gasteiger partial charge is 0.393 e. The molecule has 2 nitrogen and oxygen atoms in total. The van der Waals surface area contributed by atoms with Gasteiger partial charge < -0.3 is 10.0 Å². The van der Waals surface area contributed by atoms with Crippen molar-refractivity contribution < 1.29 is 5.11 Å². The van der Waals surface area contributed by atoms with Crippen LogP contribution in [0.1, 0.15) is 24.5 Å². The van der Waals surface area contributed by atoms with Crippen LogP contribution in [0.5, 0.6) is 0 Å². The molecule has 1 aliphatic rings. The van der Waals surface area contributed by atoms with E-state index >= 15 is 0 Å². The lowest BCUT2D eigenvalue weighted by atomic mass is 10.0. The summed E-state index contributed by atoms with van der Waals surface area (Å²) in [5, 5.41) is 9.24. The minimum absolute atomic E-state index is 0.194. The molecule has 1 aromatic carbocycles. The van der Waals surface area contributed by atoms with Crippen LogP contribution < -0.4 is 4.90 Å². The molecule has 0 saturated carbocycles. The van der Waals surface area contributed by atoms with Gasteiger partial charge in [-0.1, -0.05) is 12.1 Å². The molecule has 0 unspecified atom stereocenters. The number of nitrogens with zero attached hydrogens (tertiary/aromatic N) is 1. The van der Waals surface area contributed by atoms with Crippen LogP contribution >= 0.6 is 0 Å². The molecule has 1 heterocycles. The Morgan fingerprint density at radius 3 is 3.00 bits per heavy atom. The molecule has 0 bridgehead atoms. The maximum atomic E-state index is 9.24. The molecule has 2 heteroatoms. The Kier molecular flexibility index (Phi) is 2.96. The lowest BCUT2D eigenvalue weighted by Crippen LogP contribution is -2.12. The van der Waals surface area contributed by atoms with Crippen molar-refractivity contribution in [3.8, 4) is 0 Å². The first-order valence-electron chi connectivity index (χ1n) is 5.68. The molecule has 0 aliphatic carbocycles. The summed E-state index contributed by atoms with van der Waals surface area (Å²) in [6.45, 7) is 2.98. The summed E-state index contributed by atoms with van der Waals surface area (Å²) in [6.07, 6.45) is 2.80. The van der Waals surface area contributed by atoms with E-state index in [1.54, 1.807) is 0 Å². The first kappa shape index (κ1) is 10.5.